The van der Waals surface area contributed by atoms with Gasteiger partial charge < -0.3 is 4.42 Å². The average molecular weight is 322 g/mol. The molecule has 0 radical (unpaired) electrons. The Labute approximate surface area is 121 Å². The minimum Gasteiger partial charge on any atom is -0.419 e. The van der Waals surface area contributed by atoms with Crippen LogP contribution >= 0.6 is 15.9 Å². The highest BCUT2D eigenvalue weighted by atomic mass is 79.9. The lowest BCUT2D eigenvalue weighted by molar-refractivity contribution is 0.284. The number of likely N-dealkylation sites (tertiary alicyclic amines) is 1. The largest absolute Gasteiger partial charge is 0.419 e. The maximum Gasteiger partial charge on any atom is 0.247 e. The minimum atomic E-state index is 0.592. The van der Waals surface area contributed by atoms with Crippen molar-refractivity contribution in [2.45, 2.75) is 19.9 Å². The Morgan fingerprint density at radius 2 is 2.11 bits per heavy atom. The molecule has 0 saturated carbocycles. The number of aromatic nitrogens is 2. The second-order valence-electron chi connectivity index (χ2n) is 5.14. The fourth-order valence-electron chi connectivity index (χ4n) is 2.39. The molecule has 0 amide bonds. The molecule has 19 heavy (non-hydrogen) atoms. The smallest absolute Gasteiger partial charge is 0.247 e. The number of rotatable bonds is 3. The lowest BCUT2D eigenvalue weighted by Gasteiger charge is -2.11. The first kappa shape index (κ1) is 12.8. The van der Waals surface area contributed by atoms with Crippen LogP contribution in [-0.4, -0.2) is 28.2 Å². The van der Waals surface area contributed by atoms with Gasteiger partial charge in [0.25, 0.3) is 0 Å². The molecule has 0 N–H and O–H groups in total. The second kappa shape index (κ2) is 5.43. The van der Waals surface area contributed by atoms with Crippen LogP contribution in [0.3, 0.4) is 0 Å². The Morgan fingerprint density at radius 3 is 2.79 bits per heavy atom. The first-order chi connectivity index (χ1) is 9.20. The zero-order valence-electron chi connectivity index (χ0n) is 10.8. The summed E-state index contributed by atoms with van der Waals surface area (Å²) in [6.45, 7) is 5.28. The summed E-state index contributed by atoms with van der Waals surface area (Å²) in [5.74, 6) is 2.07. The van der Waals surface area contributed by atoms with E-state index >= 15 is 0 Å². The molecule has 1 unspecified atom stereocenters. The van der Waals surface area contributed by atoms with Crippen LogP contribution in [-0.2, 0) is 6.54 Å². The Kier molecular flexibility index (Phi) is 3.66. The van der Waals surface area contributed by atoms with E-state index in [-0.39, 0.29) is 0 Å². The molecule has 4 nitrogen and oxygen atoms in total. The maximum atomic E-state index is 5.73. The van der Waals surface area contributed by atoms with E-state index in [0.717, 1.165) is 35.6 Å². The molecule has 1 aliphatic heterocycles. The van der Waals surface area contributed by atoms with E-state index in [0.29, 0.717) is 11.8 Å². The number of hydrogen-bond donors (Lipinski definition) is 0. The molecule has 1 aromatic heterocycles. The maximum absolute atomic E-state index is 5.73. The van der Waals surface area contributed by atoms with Crippen LogP contribution in [0, 0.1) is 5.92 Å². The van der Waals surface area contributed by atoms with Gasteiger partial charge in [0.15, 0.2) is 0 Å². The molecule has 3 rings (SSSR count). The molecule has 0 aliphatic carbocycles. The first-order valence-corrected chi connectivity index (χ1v) is 7.30. The monoisotopic (exact) mass is 321 g/mol. The Balaban J connectivity index is 1.71. The van der Waals surface area contributed by atoms with E-state index in [1.54, 1.807) is 0 Å². The molecule has 2 heterocycles. The highest BCUT2D eigenvalue weighted by Crippen LogP contribution is 2.22. The molecule has 1 atom stereocenters. The van der Waals surface area contributed by atoms with Gasteiger partial charge in [0.05, 0.1) is 6.54 Å². The quantitative estimate of drug-likeness (QED) is 0.869. The van der Waals surface area contributed by atoms with Crippen molar-refractivity contribution >= 4 is 15.9 Å². The van der Waals surface area contributed by atoms with Crippen LogP contribution in [0.25, 0.3) is 11.5 Å². The minimum absolute atomic E-state index is 0.592. The normalized spacial score (nSPS) is 20.0. The van der Waals surface area contributed by atoms with E-state index in [9.17, 15) is 0 Å². The Morgan fingerprint density at radius 1 is 1.32 bits per heavy atom. The third kappa shape index (κ3) is 3.04. The van der Waals surface area contributed by atoms with Crippen molar-refractivity contribution in [3.8, 4) is 11.5 Å². The standard InChI is InChI=1S/C14H16BrN3O/c1-10-6-7-18(8-10)9-13-16-17-14(19-13)11-2-4-12(15)5-3-11/h2-5,10H,6-9H2,1H3. The van der Waals surface area contributed by atoms with Gasteiger partial charge in [-0.3, -0.25) is 4.90 Å². The fourth-order valence-corrected chi connectivity index (χ4v) is 2.65. The predicted molar refractivity (Wildman–Crippen MR) is 76.5 cm³/mol. The van der Waals surface area contributed by atoms with E-state index in [2.05, 4.69) is 38.0 Å². The molecule has 1 aromatic carbocycles. The summed E-state index contributed by atoms with van der Waals surface area (Å²) in [5, 5.41) is 8.25. The van der Waals surface area contributed by atoms with E-state index in [4.69, 9.17) is 4.42 Å². The topological polar surface area (TPSA) is 42.2 Å². The van der Waals surface area contributed by atoms with Gasteiger partial charge in [-0.2, -0.15) is 0 Å². The number of benzene rings is 1. The van der Waals surface area contributed by atoms with Gasteiger partial charge in [-0.25, -0.2) is 0 Å². The first-order valence-electron chi connectivity index (χ1n) is 6.51. The molecular formula is C14H16BrN3O. The predicted octanol–water partition coefficient (Wildman–Crippen LogP) is 3.34. The van der Waals surface area contributed by atoms with Gasteiger partial charge in [0.2, 0.25) is 11.8 Å². The van der Waals surface area contributed by atoms with Gasteiger partial charge >= 0.3 is 0 Å². The van der Waals surface area contributed by atoms with E-state index < -0.39 is 0 Å². The summed E-state index contributed by atoms with van der Waals surface area (Å²) < 4.78 is 6.77. The van der Waals surface area contributed by atoms with Crippen LogP contribution in [0.1, 0.15) is 19.2 Å². The van der Waals surface area contributed by atoms with Gasteiger partial charge in [0.1, 0.15) is 0 Å². The lowest BCUT2D eigenvalue weighted by atomic mass is 10.2. The molecule has 100 valence electrons. The highest BCUT2D eigenvalue weighted by Gasteiger charge is 2.20. The van der Waals surface area contributed by atoms with Crippen molar-refractivity contribution in [3.63, 3.8) is 0 Å². The van der Waals surface area contributed by atoms with Crippen molar-refractivity contribution in [2.75, 3.05) is 13.1 Å². The van der Waals surface area contributed by atoms with Gasteiger partial charge in [0, 0.05) is 16.6 Å². The summed E-state index contributed by atoms with van der Waals surface area (Å²) in [6.07, 6.45) is 1.26. The number of nitrogens with zero attached hydrogens (tertiary/aromatic N) is 3. The summed E-state index contributed by atoms with van der Waals surface area (Å²) >= 11 is 3.41. The van der Waals surface area contributed by atoms with Crippen LogP contribution in [0.15, 0.2) is 33.2 Å². The van der Waals surface area contributed by atoms with E-state index in [1.165, 1.54) is 6.42 Å². The zero-order valence-corrected chi connectivity index (χ0v) is 12.4. The molecular weight excluding hydrogens is 306 g/mol. The third-order valence-electron chi connectivity index (χ3n) is 3.42. The van der Waals surface area contributed by atoms with Crippen molar-refractivity contribution in [2.24, 2.45) is 5.92 Å². The van der Waals surface area contributed by atoms with Crippen LogP contribution in [0.2, 0.25) is 0 Å². The molecule has 0 bridgehead atoms. The van der Waals surface area contributed by atoms with Crippen molar-refractivity contribution in [3.05, 3.63) is 34.6 Å². The average Bonchev–Trinajstić information content (AvgIpc) is 3.00. The van der Waals surface area contributed by atoms with Gasteiger partial charge in [-0.1, -0.05) is 22.9 Å². The summed E-state index contributed by atoms with van der Waals surface area (Å²) in [7, 11) is 0. The highest BCUT2D eigenvalue weighted by molar-refractivity contribution is 9.10. The summed E-state index contributed by atoms with van der Waals surface area (Å²) in [4.78, 5) is 2.36. The van der Waals surface area contributed by atoms with Crippen LogP contribution in [0.4, 0.5) is 0 Å². The van der Waals surface area contributed by atoms with Gasteiger partial charge in [-0.15, -0.1) is 10.2 Å². The van der Waals surface area contributed by atoms with Crippen molar-refractivity contribution < 1.29 is 4.42 Å². The van der Waals surface area contributed by atoms with Crippen molar-refractivity contribution in [1.29, 1.82) is 0 Å². The number of halogens is 1. The molecule has 1 saturated heterocycles. The molecule has 0 spiro atoms. The fraction of sp³-hybridized carbons (Fsp3) is 0.429. The van der Waals surface area contributed by atoms with E-state index in [1.807, 2.05) is 24.3 Å². The second-order valence-corrected chi connectivity index (χ2v) is 6.05. The third-order valence-corrected chi connectivity index (χ3v) is 3.95. The molecule has 1 fully saturated rings. The Hall–Kier alpha value is -1.20. The molecule has 2 aromatic rings. The summed E-state index contributed by atoms with van der Waals surface area (Å²) in [6, 6.07) is 7.89. The lowest BCUT2D eigenvalue weighted by Crippen LogP contribution is -2.19. The van der Waals surface area contributed by atoms with Crippen LogP contribution in [0.5, 0.6) is 0 Å². The van der Waals surface area contributed by atoms with Gasteiger partial charge in [-0.05, 0) is 43.1 Å². The molecule has 5 heteroatoms. The Bertz CT molecular complexity index is 552. The van der Waals surface area contributed by atoms with Crippen LogP contribution < -0.4 is 0 Å². The molecule has 1 aliphatic rings. The number of hydrogen-bond acceptors (Lipinski definition) is 4. The SMILES string of the molecule is CC1CCN(Cc2nnc(-c3ccc(Br)cc3)o2)C1. The zero-order chi connectivity index (χ0) is 13.2. The summed E-state index contributed by atoms with van der Waals surface area (Å²) in [5.41, 5.74) is 0.955. The van der Waals surface area contributed by atoms with Crippen molar-refractivity contribution in [1.82, 2.24) is 15.1 Å².